The van der Waals surface area contributed by atoms with Crippen molar-refractivity contribution in [2.75, 3.05) is 13.2 Å². The number of hydrogen-bond donors (Lipinski definition) is 1. The van der Waals surface area contributed by atoms with Crippen molar-refractivity contribution in [3.05, 3.63) is 101 Å². The quantitative estimate of drug-likeness (QED) is 0.213. The number of halogens is 2. The Hall–Kier alpha value is -3.84. The maximum absolute atomic E-state index is 13.1. The SMILES string of the molecule is C=CCOc1ccc(C(=O)N/N=C/c2cc(Cl)ccc2OCc2ccc(F)cc2)cc1OCC. The summed E-state index contributed by atoms with van der Waals surface area (Å²) in [6.45, 7) is 6.44. The fourth-order valence-corrected chi connectivity index (χ4v) is 3.08. The first-order valence-corrected chi connectivity index (χ1v) is 10.9. The molecule has 0 spiro atoms. The maximum Gasteiger partial charge on any atom is 0.271 e. The van der Waals surface area contributed by atoms with Gasteiger partial charge in [0.1, 0.15) is 24.8 Å². The lowest BCUT2D eigenvalue weighted by atomic mass is 10.2. The highest BCUT2D eigenvalue weighted by Gasteiger charge is 2.11. The number of hydrogen-bond acceptors (Lipinski definition) is 5. The van der Waals surface area contributed by atoms with Gasteiger partial charge < -0.3 is 14.2 Å². The van der Waals surface area contributed by atoms with Gasteiger partial charge in [-0.3, -0.25) is 4.79 Å². The highest BCUT2D eigenvalue weighted by Crippen LogP contribution is 2.28. The topological polar surface area (TPSA) is 69.2 Å². The molecule has 0 aliphatic rings. The molecule has 3 rings (SSSR count). The normalized spacial score (nSPS) is 10.7. The van der Waals surface area contributed by atoms with E-state index in [4.69, 9.17) is 25.8 Å². The summed E-state index contributed by atoms with van der Waals surface area (Å²) in [6.07, 6.45) is 3.06. The minimum absolute atomic E-state index is 0.232. The van der Waals surface area contributed by atoms with Crippen molar-refractivity contribution in [2.45, 2.75) is 13.5 Å². The van der Waals surface area contributed by atoms with E-state index in [1.165, 1.54) is 18.3 Å². The number of carbonyl (C=O) groups is 1. The molecule has 0 aliphatic carbocycles. The van der Waals surface area contributed by atoms with E-state index in [-0.39, 0.29) is 12.4 Å². The van der Waals surface area contributed by atoms with Crippen molar-refractivity contribution in [2.24, 2.45) is 5.10 Å². The Morgan fingerprint density at radius 1 is 1.03 bits per heavy atom. The summed E-state index contributed by atoms with van der Waals surface area (Å²) in [5.41, 5.74) is 4.21. The third kappa shape index (κ3) is 7.08. The molecule has 0 radical (unpaired) electrons. The second-order valence-corrected chi connectivity index (χ2v) is 7.43. The molecule has 0 unspecified atom stereocenters. The standard InChI is InChI=1S/C26H24ClFN2O4/c1-3-13-33-24-11-7-19(15-25(24)32-4-2)26(31)30-29-16-20-14-21(27)8-12-23(20)34-17-18-5-9-22(28)10-6-18/h3,5-12,14-16H,1,4,13,17H2,2H3,(H,30,31)/b29-16+. The van der Waals surface area contributed by atoms with Crippen LogP contribution in [0.1, 0.15) is 28.4 Å². The summed E-state index contributed by atoms with van der Waals surface area (Å²) in [6, 6.07) is 15.9. The third-order valence-electron chi connectivity index (χ3n) is 4.51. The molecule has 0 saturated carbocycles. The lowest BCUT2D eigenvalue weighted by Gasteiger charge is -2.12. The fraction of sp³-hybridized carbons (Fsp3) is 0.154. The van der Waals surface area contributed by atoms with Gasteiger partial charge in [0, 0.05) is 16.1 Å². The van der Waals surface area contributed by atoms with Crippen LogP contribution in [0.4, 0.5) is 4.39 Å². The monoisotopic (exact) mass is 482 g/mol. The zero-order valence-corrected chi connectivity index (χ0v) is 19.3. The molecule has 3 aromatic rings. The van der Waals surface area contributed by atoms with Gasteiger partial charge in [-0.2, -0.15) is 5.10 Å². The van der Waals surface area contributed by atoms with Gasteiger partial charge in [-0.1, -0.05) is 36.4 Å². The molecule has 0 heterocycles. The molecule has 8 heteroatoms. The average Bonchev–Trinajstić information content (AvgIpc) is 2.84. The molecule has 0 saturated heterocycles. The predicted octanol–water partition coefficient (Wildman–Crippen LogP) is 5.79. The van der Waals surface area contributed by atoms with Crippen molar-refractivity contribution >= 4 is 23.7 Å². The number of carbonyl (C=O) groups excluding carboxylic acids is 1. The summed E-state index contributed by atoms with van der Waals surface area (Å²) in [5, 5.41) is 4.52. The Balaban J connectivity index is 1.68. The minimum atomic E-state index is -0.428. The van der Waals surface area contributed by atoms with Crippen LogP contribution in [0, 0.1) is 5.82 Å². The average molecular weight is 483 g/mol. The summed E-state index contributed by atoms with van der Waals surface area (Å²) in [4.78, 5) is 12.6. The predicted molar refractivity (Wildman–Crippen MR) is 131 cm³/mol. The molecule has 1 N–H and O–H groups in total. The zero-order chi connectivity index (χ0) is 24.3. The van der Waals surface area contributed by atoms with Crippen molar-refractivity contribution < 1.29 is 23.4 Å². The van der Waals surface area contributed by atoms with Gasteiger partial charge >= 0.3 is 0 Å². The number of amides is 1. The summed E-state index contributed by atoms with van der Waals surface area (Å²) in [5.74, 6) is 0.736. The van der Waals surface area contributed by atoms with E-state index >= 15 is 0 Å². The van der Waals surface area contributed by atoms with E-state index < -0.39 is 5.91 Å². The zero-order valence-electron chi connectivity index (χ0n) is 18.6. The van der Waals surface area contributed by atoms with Crippen LogP contribution in [-0.4, -0.2) is 25.3 Å². The van der Waals surface area contributed by atoms with Gasteiger partial charge in [0.15, 0.2) is 11.5 Å². The second kappa shape index (κ2) is 12.4. The van der Waals surface area contributed by atoms with Gasteiger partial charge in [-0.15, -0.1) is 0 Å². The van der Waals surface area contributed by atoms with Crippen LogP contribution in [-0.2, 0) is 6.61 Å². The lowest BCUT2D eigenvalue weighted by molar-refractivity contribution is 0.0954. The van der Waals surface area contributed by atoms with Crippen LogP contribution in [0.5, 0.6) is 17.2 Å². The minimum Gasteiger partial charge on any atom is -0.490 e. The number of rotatable bonds is 11. The van der Waals surface area contributed by atoms with Crippen LogP contribution in [0.3, 0.4) is 0 Å². The lowest BCUT2D eigenvalue weighted by Crippen LogP contribution is -2.18. The largest absolute Gasteiger partial charge is 0.490 e. The van der Waals surface area contributed by atoms with Crippen LogP contribution < -0.4 is 19.6 Å². The highest BCUT2D eigenvalue weighted by atomic mass is 35.5. The Morgan fingerprint density at radius 3 is 2.53 bits per heavy atom. The Labute approximate surface area is 202 Å². The van der Waals surface area contributed by atoms with Gasteiger partial charge in [-0.25, -0.2) is 9.82 Å². The number of hydrazone groups is 1. The van der Waals surface area contributed by atoms with Crippen molar-refractivity contribution in [1.29, 1.82) is 0 Å². The van der Waals surface area contributed by atoms with E-state index in [0.29, 0.717) is 46.6 Å². The van der Waals surface area contributed by atoms with Crippen molar-refractivity contribution in [3.8, 4) is 17.2 Å². The molecule has 0 fully saturated rings. The van der Waals surface area contributed by atoms with Crippen LogP contribution in [0.2, 0.25) is 5.02 Å². The van der Waals surface area contributed by atoms with E-state index in [2.05, 4.69) is 17.1 Å². The molecule has 6 nitrogen and oxygen atoms in total. The molecule has 0 aromatic heterocycles. The number of nitrogens with zero attached hydrogens (tertiary/aromatic N) is 1. The second-order valence-electron chi connectivity index (χ2n) is 6.99. The van der Waals surface area contributed by atoms with E-state index in [1.54, 1.807) is 54.6 Å². The molecule has 176 valence electrons. The number of benzene rings is 3. The molecule has 34 heavy (non-hydrogen) atoms. The van der Waals surface area contributed by atoms with E-state index in [1.807, 2.05) is 6.92 Å². The number of ether oxygens (including phenoxy) is 3. The van der Waals surface area contributed by atoms with Crippen LogP contribution in [0.25, 0.3) is 0 Å². The summed E-state index contributed by atoms with van der Waals surface area (Å²) < 4.78 is 30.0. The Bertz CT molecular complexity index is 1170. The molecule has 0 bridgehead atoms. The van der Waals surface area contributed by atoms with Crippen molar-refractivity contribution in [3.63, 3.8) is 0 Å². The molecule has 3 aromatic carbocycles. The molecule has 1 amide bonds. The van der Waals surface area contributed by atoms with Crippen molar-refractivity contribution in [1.82, 2.24) is 5.43 Å². The Kier molecular flexibility index (Phi) is 9.05. The smallest absolute Gasteiger partial charge is 0.271 e. The van der Waals surface area contributed by atoms with Gasteiger partial charge in [0.05, 0.1) is 12.8 Å². The summed E-state index contributed by atoms with van der Waals surface area (Å²) in [7, 11) is 0. The van der Waals surface area contributed by atoms with Crippen LogP contribution in [0.15, 0.2) is 78.4 Å². The molecule has 0 atom stereocenters. The van der Waals surface area contributed by atoms with Gasteiger partial charge in [0.25, 0.3) is 5.91 Å². The third-order valence-corrected chi connectivity index (χ3v) is 4.75. The van der Waals surface area contributed by atoms with E-state index in [0.717, 1.165) is 5.56 Å². The summed E-state index contributed by atoms with van der Waals surface area (Å²) >= 11 is 6.11. The Morgan fingerprint density at radius 2 is 1.79 bits per heavy atom. The first-order valence-electron chi connectivity index (χ1n) is 10.5. The van der Waals surface area contributed by atoms with E-state index in [9.17, 15) is 9.18 Å². The first-order chi connectivity index (χ1) is 16.5. The molecular weight excluding hydrogens is 459 g/mol. The highest BCUT2D eigenvalue weighted by molar-refractivity contribution is 6.30. The molecule has 0 aliphatic heterocycles. The van der Waals surface area contributed by atoms with Gasteiger partial charge in [-0.05, 0) is 61.0 Å². The fourth-order valence-electron chi connectivity index (χ4n) is 2.90. The number of nitrogens with one attached hydrogen (secondary N) is 1. The van der Waals surface area contributed by atoms with Gasteiger partial charge in [0.2, 0.25) is 0 Å². The maximum atomic E-state index is 13.1. The van der Waals surface area contributed by atoms with Crippen LogP contribution >= 0.6 is 11.6 Å². The first kappa shape index (κ1) is 24.8. The molecular formula is C26H24ClFN2O4.